The quantitative estimate of drug-likeness (QED) is 0.590. The van der Waals surface area contributed by atoms with Crippen molar-refractivity contribution in [3.8, 4) is 11.5 Å². The van der Waals surface area contributed by atoms with E-state index in [4.69, 9.17) is 14.2 Å². The third-order valence-corrected chi connectivity index (χ3v) is 10.3. The fourth-order valence-electron chi connectivity index (χ4n) is 8.54. The van der Waals surface area contributed by atoms with Gasteiger partial charge in [0.15, 0.2) is 11.5 Å². The van der Waals surface area contributed by atoms with E-state index in [0.29, 0.717) is 12.0 Å². The number of hydrogen-bond donors (Lipinski definition) is 1. The number of nitrogens with zero attached hydrogens (tertiary/aromatic N) is 1. The maximum atomic E-state index is 7.00. The summed E-state index contributed by atoms with van der Waals surface area (Å²) >= 11 is 0. The topological polar surface area (TPSA) is 43.0 Å². The number of nitrogens with one attached hydrogen (secondary N) is 1. The monoisotopic (exact) mass is 488 g/mol. The molecule has 7 rings (SSSR count). The Balaban J connectivity index is 1.27. The molecule has 5 aliphatic rings. The molecule has 0 amide bonds. The van der Waals surface area contributed by atoms with Crippen molar-refractivity contribution in [1.29, 1.82) is 0 Å². The number of hydrogen-bond acceptors (Lipinski definition) is 5. The van der Waals surface area contributed by atoms with E-state index in [0.717, 1.165) is 49.8 Å². The van der Waals surface area contributed by atoms with Crippen LogP contribution in [0.1, 0.15) is 49.3 Å². The van der Waals surface area contributed by atoms with Crippen molar-refractivity contribution in [2.24, 2.45) is 17.3 Å². The predicted octanol–water partition coefficient (Wildman–Crippen LogP) is 4.57. The van der Waals surface area contributed by atoms with Crippen LogP contribution in [0.2, 0.25) is 0 Å². The molecule has 3 aliphatic carbocycles. The average Bonchev–Trinajstić information content (AvgIpc) is 3.64. The lowest BCUT2D eigenvalue weighted by Crippen LogP contribution is -2.71. The summed E-state index contributed by atoms with van der Waals surface area (Å²) in [5.74, 6) is 3.37. The van der Waals surface area contributed by atoms with Crippen molar-refractivity contribution in [1.82, 2.24) is 10.2 Å². The first kappa shape index (κ1) is 23.1. The Hall–Kier alpha value is -2.08. The first-order chi connectivity index (χ1) is 17.6. The van der Waals surface area contributed by atoms with E-state index in [2.05, 4.69) is 59.6 Å². The van der Waals surface area contributed by atoms with Crippen molar-refractivity contribution in [3.63, 3.8) is 0 Å². The maximum absolute atomic E-state index is 7.00. The summed E-state index contributed by atoms with van der Waals surface area (Å²) < 4.78 is 19.2. The molecule has 192 valence electrons. The van der Waals surface area contributed by atoms with Gasteiger partial charge in [-0.25, -0.2) is 0 Å². The van der Waals surface area contributed by atoms with Gasteiger partial charge < -0.3 is 19.5 Å². The third kappa shape index (κ3) is 3.32. The largest absolute Gasteiger partial charge is 0.493 e. The molecule has 2 aliphatic heterocycles. The van der Waals surface area contributed by atoms with Crippen LogP contribution in [0, 0.1) is 17.3 Å². The lowest BCUT2D eigenvalue weighted by atomic mass is 9.47. The van der Waals surface area contributed by atoms with Crippen molar-refractivity contribution >= 4 is 0 Å². The van der Waals surface area contributed by atoms with Gasteiger partial charge >= 0.3 is 0 Å². The summed E-state index contributed by atoms with van der Waals surface area (Å²) in [6, 6.07) is 15.8. The highest BCUT2D eigenvalue weighted by atomic mass is 16.6. The van der Waals surface area contributed by atoms with Crippen molar-refractivity contribution < 1.29 is 14.2 Å². The van der Waals surface area contributed by atoms with Crippen LogP contribution in [-0.2, 0) is 23.1 Å². The Morgan fingerprint density at radius 3 is 2.69 bits per heavy atom. The van der Waals surface area contributed by atoms with Crippen LogP contribution in [0.5, 0.6) is 11.5 Å². The first-order valence-electron chi connectivity index (χ1n) is 14.0. The molecule has 5 heteroatoms. The van der Waals surface area contributed by atoms with E-state index in [1.54, 1.807) is 7.11 Å². The van der Waals surface area contributed by atoms with Crippen molar-refractivity contribution in [2.45, 2.75) is 69.2 Å². The Morgan fingerprint density at radius 2 is 1.94 bits per heavy atom. The second-order valence-corrected chi connectivity index (χ2v) is 12.4. The minimum absolute atomic E-state index is 0.0179. The van der Waals surface area contributed by atoms with Crippen LogP contribution < -0.4 is 14.8 Å². The van der Waals surface area contributed by atoms with Crippen LogP contribution >= 0.6 is 0 Å². The molecule has 1 spiro atoms. The lowest BCUT2D eigenvalue weighted by molar-refractivity contribution is -0.172. The number of benzene rings is 2. The summed E-state index contributed by atoms with van der Waals surface area (Å²) in [5, 5.41) is 3.80. The van der Waals surface area contributed by atoms with Gasteiger partial charge in [-0.1, -0.05) is 43.3 Å². The normalized spacial score (nSPS) is 36.3. The number of piperidine rings is 1. The van der Waals surface area contributed by atoms with Gasteiger partial charge in [-0.05, 0) is 67.7 Å². The zero-order chi connectivity index (χ0) is 24.5. The summed E-state index contributed by atoms with van der Waals surface area (Å²) in [4.78, 5) is 2.86. The molecule has 6 atom stereocenters. The van der Waals surface area contributed by atoms with Crippen LogP contribution in [-0.4, -0.2) is 57.0 Å². The van der Waals surface area contributed by atoms with Gasteiger partial charge in [0, 0.05) is 49.2 Å². The molecule has 1 N–H and O–H groups in total. The Bertz CT molecular complexity index is 1130. The van der Waals surface area contributed by atoms with Gasteiger partial charge in [-0.3, -0.25) is 4.90 Å². The Labute approximate surface area is 215 Å². The Morgan fingerprint density at radius 1 is 1.11 bits per heavy atom. The molecular weight excluding hydrogens is 448 g/mol. The summed E-state index contributed by atoms with van der Waals surface area (Å²) in [6.45, 7) is 6.68. The molecule has 0 radical (unpaired) electrons. The number of rotatable bonds is 8. The SMILES string of the molecule is COc1ccc2c3c1OC1C(OC)C(C)(CNCc4ccccc4)CC4C(C2)N(CC2CC2)CCC341. The van der Waals surface area contributed by atoms with Gasteiger partial charge in [-0.15, -0.1) is 0 Å². The molecule has 2 saturated carbocycles. The maximum Gasteiger partial charge on any atom is 0.165 e. The highest BCUT2D eigenvalue weighted by Crippen LogP contribution is 2.66. The van der Waals surface area contributed by atoms with E-state index < -0.39 is 0 Å². The molecule has 3 fully saturated rings. The van der Waals surface area contributed by atoms with E-state index in [-0.39, 0.29) is 23.0 Å². The van der Waals surface area contributed by atoms with Crippen LogP contribution in [0.15, 0.2) is 42.5 Å². The van der Waals surface area contributed by atoms with Crippen molar-refractivity contribution in [2.75, 3.05) is 33.9 Å². The highest BCUT2D eigenvalue weighted by molar-refractivity contribution is 5.61. The summed E-state index contributed by atoms with van der Waals surface area (Å²) in [7, 11) is 3.66. The second-order valence-electron chi connectivity index (χ2n) is 12.4. The number of likely N-dealkylation sites (tertiary alicyclic amines) is 1. The van der Waals surface area contributed by atoms with Gasteiger partial charge in [0.05, 0.1) is 7.11 Å². The predicted molar refractivity (Wildman–Crippen MR) is 141 cm³/mol. The van der Waals surface area contributed by atoms with Crippen LogP contribution in [0.3, 0.4) is 0 Å². The molecule has 6 unspecified atom stereocenters. The second kappa shape index (κ2) is 8.47. The zero-order valence-corrected chi connectivity index (χ0v) is 22.0. The van der Waals surface area contributed by atoms with Crippen LogP contribution in [0.25, 0.3) is 0 Å². The van der Waals surface area contributed by atoms with E-state index in [1.165, 1.54) is 42.6 Å². The smallest absolute Gasteiger partial charge is 0.165 e. The molecule has 2 heterocycles. The lowest BCUT2D eigenvalue weighted by Gasteiger charge is -2.63. The van der Waals surface area contributed by atoms with Crippen LogP contribution in [0.4, 0.5) is 0 Å². The molecule has 1 saturated heterocycles. The van der Waals surface area contributed by atoms with E-state index in [1.807, 2.05) is 7.11 Å². The van der Waals surface area contributed by atoms with E-state index in [9.17, 15) is 0 Å². The Kier molecular flexibility index (Phi) is 5.43. The molecule has 2 aromatic carbocycles. The molecule has 5 nitrogen and oxygen atoms in total. The van der Waals surface area contributed by atoms with Gasteiger partial charge in [0.2, 0.25) is 0 Å². The van der Waals surface area contributed by atoms with Gasteiger partial charge in [0.25, 0.3) is 0 Å². The van der Waals surface area contributed by atoms with Gasteiger partial charge in [0.1, 0.15) is 12.2 Å². The molecule has 2 aromatic rings. The molecule has 0 aromatic heterocycles. The first-order valence-corrected chi connectivity index (χ1v) is 14.0. The zero-order valence-electron chi connectivity index (χ0n) is 22.0. The fraction of sp³-hybridized carbons (Fsp3) is 0.613. The standard InChI is InChI=1S/C31H40N2O3/c1-30(19-32-17-20-7-5-4-6-8-20)16-23-24-15-22-11-12-25(34-2)27-26(22)31(23,29(36-27)28(30)35-3)13-14-33(24)18-21-9-10-21/h4-8,11-12,21,23-24,28-29,32H,9-10,13-19H2,1-3H3. The third-order valence-electron chi connectivity index (χ3n) is 10.3. The van der Waals surface area contributed by atoms with Crippen molar-refractivity contribution in [3.05, 3.63) is 59.2 Å². The minimum Gasteiger partial charge on any atom is -0.493 e. The molecule has 2 bridgehead atoms. The number of methoxy groups -OCH3 is 2. The summed E-state index contributed by atoms with van der Waals surface area (Å²) in [6.07, 6.45) is 6.33. The minimum atomic E-state index is -0.0179. The molecule has 36 heavy (non-hydrogen) atoms. The van der Waals surface area contributed by atoms with Gasteiger partial charge in [-0.2, -0.15) is 0 Å². The summed E-state index contributed by atoms with van der Waals surface area (Å²) in [5.41, 5.74) is 4.28. The number of ether oxygens (including phenoxy) is 3. The van der Waals surface area contributed by atoms with E-state index >= 15 is 0 Å². The highest BCUT2D eigenvalue weighted by Gasteiger charge is 2.70. The fourth-order valence-corrected chi connectivity index (χ4v) is 8.54. The molecular formula is C31H40N2O3. The average molecular weight is 489 g/mol.